The number of ether oxygens (including phenoxy) is 1. The van der Waals surface area contributed by atoms with Crippen LogP contribution in [0.1, 0.15) is 36.6 Å². The Kier molecular flexibility index (Phi) is 6.50. The van der Waals surface area contributed by atoms with Crippen LogP contribution >= 0.6 is 0 Å². The van der Waals surface area contributed by atoms with Crippen molar-refractivity contribution < 1.29 is 18.7 Å². The Morgan fingerprint density at radius 2 is 2.00 bits per heavy atom. The number of carbonyl (C=O) groups excluding carboxylic acids is 2. The summed E-state index contributed by atoms with van der Waals surface area (Å²) in [5.74, 6) is 1.21. The number of urea groups is 1. The summed E-state index contributed by atoms with van der Waals surface area (Å²) < 4.78 is 19.9. The van der Waals surface area contributed by atoms with Crippen LogP contribution in [0, 0.1) is 18.7 Å². The molecule has 1 aromatic carbocycles. The molecule has 2 aromatic rings. The maximum atomic E-state index is 13.9. The fraction of sp³-hybridized carbons (Fsp3) is 0.346. The monoisotopic (exact) mass is 477 g/mol. The van der Waals surface area contributed by atoms with Gasteiger partial charge in [-0.05, 0) is 55.7 Å². The van der Waals surface area contributed by atoms with Crippen molar-refractivity contribution in [2.75, 3.05) is 25.0 Å². The average Bonchev–Trinajstić information content (AvgIpc) is 3.58. The quantitative estimate of drug-likeness (QED) is 0.551. The van der Waals surface area contributed by atoms with E-state index in [4.69, 9.17) is 4.74 Å². The van der Waals surface area contributed by atoms with Crippen LogP contribution in [0.4, 0.5) is 14.9 Å². The standard InChI is InChI=1S/C26H28FN5O3/c1-16-2-7-21(27)22(12-16)31-26(34)30-18-3-5-19(6-4-18)35-20-8-9-28-24(14-20)23-13-17(15-29-23)25(33)32-10-11-32/h2-3,5,7-9,12,14,17,23,29H,4,6,10-11,13,15H2,1H3,(H2,30,31,34). The molecule has 0 spiro atoms. The number of nitrogens with zero attached hydrogens (tertiary/aromatic N) is 2. The van der Waals surface area contributed by atoms with Gasteiger partial charge in [0, 0.05) is 44.0 Å². The number of anilines is 1. The van der Waals surface area contributed by atoms with Crippen LogP contribution in [-0.4, -0.2) is 41.5 Å². The molecule has 0 saturated carbocycles. The molecule has 9 heteroatoms. The van der Waals surface area contributed by atoms with Crippen LogP contribution < -0.4 is 20.7 Å². The Morgan fingerprint density at radius 3 is 2.77 bits per heavy atom. The summed E-state index contributed by atoms with van der Waals surface area (Å²) in [4.78, 5) is 30.9. The van der Waals surface area contributed by atoms with Crippen molar-refractivity contribution in [2.45, 2.75) is 32.2 Å². The van der Waals surface area contributed by atoms with Gasteiger partial charge < -0.3 is 25.6 Å². The van der Waals surface area contributed by atoms with E-state index in [1.807, 2.05) is 24.0 Å². The first-order valence-corrected chi connectivity index (χ1v) is 11.8. The maximum absolute atomic E-state index is 13.9. The second-order valence-electron chi connectivity index (χ2n) is 9.12. The number of halogens is 1. The summed E-state index contributed by atoms with van der Waals surface area (Å²) >= 11 is 0. The minimum Gasteiger partial charge on any atom is -0.462 e. The van der Waals surface area contributed by atoms with Crippen molar-refractivity contribution in [1.29, 1.82) is 0 Å². The van der Waals surface area contributed by atoms with E-state index in [2.05, 4.69) is 20.9 Å². The molecule has 1 aliphatic carbocycles. The third-order valence-corrected chi connectivity index (χ3v) is 6.35. The fourth-order valence-electron chi connectivity index (χ4n) is 4.35. The predicted octanol–water partition coefficient (Wildman–Crippen LogP) is 3.78. The maximum Gasteiger partial charge on any atom is 0.323 e. The van der Waals surface area contributed by atoms with Crippen LogP contribution in [0.3, 0.4) is 0 Å². The molecule has 182 valence electrons. The van der Waals surface area contributed by atoms with Crippen LogP contribution in [-0.2, 0) is 4.79 Å². The van der Waals surface area contributed by atoms with E-state index in [0.29, 0.717) is 25.1 Å². The molecule has 3 amide bonds. The van der Waals surface area contributed by atoms with Crippen molar-refractivity contribution in [3.8, 4) is 5.75 Å². The van der Waals surface area contributed by atoms with Crippen LogP contribution in [0.2, 0.25) is 0 Å². The highest BCUT2D eigenvalue weighted by Crippen LogP contribution is 2.31. The number of aryl methyl sites for hydroxylation is 1. The minimum absolute atomic E-state index is 0.00518. The summed E-state index contributed by atoms with van der Waals surface area (Å²) in [7, 11) is 0. The van der Waals surface area contributed by atoms with Gasteiger partial charge >= 0.3 is 6.03 Å². The number of rotatable bonds is 6. The van der Waals surface area contributed by atoms with E-state index < -0.39 is 11.8 Å². The molecule has 5 rings (SSSR count). The summed E-state index contributed by atoms with van der Waals surface area (Å²) in [6.45, 7) is 4.25. The van der Waals surface area contributed by atoms with Gasteiger partial charge in [0.25, 0.3) is 0 Å². The molecule has 8 nitrogen and oxygen atoms in total. The number of nitrogens with one attached hydrogen (secondary N) is 3. The van der Waals surface area contributed by atoms with Crippen molar-refractivity contribution in [2.24, 2.45) is 5.92 Å². The summed E-state index contributed by atoms with van der Waals surface area (Å²) in [6, 6.07) is 7.81. The number of amides is 3. The van der Waals surface area contributed by atoms with Crippen LogP contribution in [0.5, 0.6) is 5.75 Å². The number of allylic oxidation sites excluding steroid dienone is 4. The molecule has 3 N–H and O–H groups in total. The number of aromatic nitrogens is 1. The Balaban J connectivity index is 1.16. The molecule has 2 aliphatic heterocycles. The number of hydrogen-bond acceptors (Lipinski definition) is 5. The summed E-state index contributed by atoms with van der Waals surface area (Å²) in [5, 5.41) is 8.72. The molecular formula is C26H28FN5O3. The van der Waals surface area contributed by atoms with Crippen LogP contribution in [0.15, 0.2) is 60.1 Å². The molecule has 2 atom stereocenters. The van der Waals surface area contributed by atoms with E-state index in [1.165, 1.54) is 6.07 Å². The third kappa shape index (κ3) is 5.68. The zero-order chi connectivity index (χ0) is 24.4. The lowest BCUT2D eigenvalue weighted by Crippen LogP contribution is -2.29. The molecule has 3 heterocycles. The molecular weight excluding hydrogens is 449 g/mol. The lowest BCUT2D eigenvalue weighted by atomic mass is 10.0. The van der Waals surface area contributed by atoms with Crippen LogP contribution in [0.25, 0.3) is 0 Å². The molecule has 2 fully saturated rings. The Bertz CT molecular complexity index is 1210. The Morgan fingerprint density at radius 1 is 1.14 bits per heavy atom. The van der Waals surface area contributed by atoms with E-state index in [0.717, 1.165) is 42.2 Å². The predicted molar refractivity (Wildman–Crippen MR) is 129 cm³/mol. The molecule has 3 aliphatic rings. The molecule has 1 aromatic heterocycles. The number of benzene rings is 1. The lowest BCUT2D eigenvalue weighted by Gasteiger charge is -2.18. The van der Waals surface area contributed by atoms with Gasteiger partial charge in [0.1, 0.15) is 17.3 Å². The second-order valence-corrected chi connectivity index (χ2v) is 9.12. The summed E-state index contributed by atoms with van der Waals surface area (Å²) in [6.07, 6.45) is 7.25. The highest BCUT2D eigenvalue weighted by molar-refractivity contribution is 5.90. The topological polar surface area (TPSA) is 95.4 Å². The number of pyridine rings is 1. The van der Waals surface area contributed by atoms with Gasteiger partial charge in [-0.2, -0.15) is 0 Å². The van der Waals surface area contributed by atoms with Crippen molar-refractivity contribution in [1.82, 2.24) is 20.5 Å². The second kappa shape index (κ2) is 9.87. The van der Waals surface area contributed by atoms with Gasteiger partial charge in [-0.25, -0.2) is 9.18 Å². The molecule has 2 saturated heterocycles. The van der Waals surface area contributed by atoms with Gasteiger partial charge in [-0.3, -0.25) is 9.78 Å². The van der Waals surface area contributed by atoms with E-state index in [1.54, 1.807) is 30.5 Å². The average molecular weight is 478 g/mol. The third-order valence-electron chi connectivity index (χ3n) is 6.35. The first-order chi connectivity index (χ1) is 16.9. The normalized spacial score (nSPS) is 21.1. The van der Waals surface area contributed by atoms with Gasteiger partial charge in [0.2, 0.25) is 5.91 Å². The van der Waals surface area contributed by atoms with E-state index >= 15 is 0 Å². The van der Waals surface area contributed by atoms with Gasteiger partial charge in [-0.1, -0.05) is 6.07 Å². The largest absolute Gasteiger partial charge is 0.462 e. The van der Waals surface area contributed by atoms with Gasteiger partial charge in [0.05, 0.1) is 23.3 Å². The van der Waals surface area contributed by atoms with Crippen molar-refractivity contribution in [3.05, 3.63) is 77.2 Å². The molecule has 0 radical (unpaired) electrons. The molecule has 0 bridgehead atoms. The van der Waals surface area contributed by atoms with Gasteiger partial charge in [0.15, 0.2) is 0 Å². The molecule has 2 unspecified atom stereocenters. The lowest BCUT2D eigenvalue weighted by molar-refractivity contribution is -0.129. The first kappa shape index (κ1) is 23.0. The first-order valence-electron chi connectivity index (χ1n) is 11.8. The number of carbonyl (C=O) groups is 2. The SMILES string of the molecule is Cc1ccc(F)c(NC(=O)NC2=CC=C(Oc3ccnc(C4CC(C(=O)N5CC5)CN4)c3)CC2)c1. The zero-order valence-corrected chi connectivity index (χ0v) is 19.5. The minimum atomic E-state index is -0.489. The number of hydrogen-bond donors (Lipinski definition) is 3. The Hall–Kier alpha value is -3.72. The smallest absolute Gasteiger partial charge is 0.323 e. The van der Waals surface area contributed by atoms with Gasteiger partial charge in [-0.15, -0.1) is 0 Å². The Labute approximate surface area is 203 Å². The summed E-state index contributed by atoms with van der Waals surface area (Å²) in [5.41, 5.74) is 2.58. The zero-order valence-electron chi connectivity index (χ0n) is 19.5. The fourth-order valence-corrected chi connectivity index (χ4v) is 4.35. The highest BCUT2D eigenvalue weighted by atomic mass is 19.1. The molecule has 35 heavy (non-hydrogen) atoms. The van der Waals surface area contributed by atoms with Crippen molar-refractivity contribution >= 4 is 17.6 Å². The van der Waals surface area contributed by atoms with E-state index in [9.17, 15) is 14.0 Å². The highest BCUT2D eigenvalue weighted by Gasteiger charge is 2.37. The van der Waals surface area contributed by atoms with E-state index in [-0.39, 0.29) is 23.6 Å². The van der Waals surface area contributed by atoms with Crippen molar-refractivity contribution in [3.63, 3.8) is 0 Å².